The Morgan fingerprint density at radius 3 is 2.00 bits per heavy atom. The second-order valence-electron chi connectivity index (χ2n) is 3.86. The summed E-state index contributed by atoms with van der Waals surface area (Å²) in [6.45, 7) is 4.95. The van der Waals surface area contributed by atoms with Gasteiger partial charge in [-0.2, -0.15) is 0 Å². The summed E-state index contributed by atoms with van der Waals surface area (Å²) in [6, 6.07) is 0. The summed E-state index contributed by atoms with van der Waals surface area (Å²) in [5.41, 5.74) is -1.66. The van der Waals surface area contributed by atoms with Crippen molar-refractivity contribution in [2.24, 2.45) is 11.3 Å². The fourth-order valence-electron chi connectivity index (χ4n) is 1.31. The molecule has 0 saturated heterocycles. The molecule has 1 unspecified atom stereocenters. The van der Waals surface area contributed by atoms with Gasteiger partial charge in [-0.05, 0) is 19.3 Å². The molecular formula is C10H20BaO4. The van der Waals surface area contributed by atoms with Crippen LogP contribution in [-0.2, 0) is 9.59 Å². The standard InChI is InChI=1S/C10H18O4.Ba.2H/c1-4-5-6-7(2)10(3,8(11)12)9(13)14;;;/h7H,4-6H2,1-3H3,(H,11,12)(H,13,14);;;/q;+2;2*-1. The van der Waals surface area contributed by atoms with Gasteiger partial charge >= 0.3 is 60.8 Å². The molecule has 0 fully saturated rings. The molecule has 0 aromatic carbocycles. The summed E-state index contributed by atoms with van der Waals surface area (Å²) in [4.78, 5) is 21.8. The van der Waals surface area contributed by atoms with Gasteiger partial charge in [0.1, 0.15) is 0 Å². The van der Waals surface area contributed by atoms with E-state index in [1.165, 1.54) is 6.92 Å². The molecule has 0 rings (SSSR count). The van der Waals surface area contributed by atoms with Crippen LogP contribution in [0.2, 0.25) is 0 Å². The monoisotopic (exact) mass is 342 g/mol. The van der Waals surface area contributed by atoms with Gasteiger partial charge in [0, 0.05) is 0 Å². The maximum Gasteiger partial charge on any atom is 2.00 e. The molecule has 0 aliphatic carbocycles. The molecule has 0 saturated carbocycles. The normalized spacial score (nSPS) is 12.7. The molecule has 0 heterocycles. The molecule has 5 heteroatoms. The summed E-state index contributed by atoms with van der Waals surface area (Å²) in [5.74, 6) is -2.86. The Kier molecular flexibility index (Phi) is 9.22. The first-order valence-corrected chi connectivity index (χ1v) is 4.84. The van der Waals surface area contributed by atoms with Crippen LogP contribution >= 0.6 is 0 Å². The molecule has 0 spiro atoms. The van der Waals surface area contributed by atoms with Crippen molar-refractivity contribution >= 4 is 60.8 Å². The van der Waals surface area contributed by atoms with Crippen molar-refractivity contribution in [3.63, 3.8) is 0 Å². The topological polar surface area (TPSA) is 74.6 Å². The molecule has 0 aliphatic rings. The smallest absolute Gasteiger partial charge is 1.00 e. The zero-order valence-electron chi connectivity index (χ0n) is 11.6. The number of carbonyl (C=O) groups is 2. The van der Waals surface area contributed by atoms with Gasteiger partial charge in [0.25, 0.3) is 0 Å². The van der Waals surface area contributed by atoms with Crippen LogP contribution in [0.15, 0.2) is 0 Å². The van der Waals surface area contributed by atoms with E-state index in [0.717, 1.165) is 12.8 Å². The number of aliphatic carboxylic acids is 2. The van der Waals surface area contributed by atoms with Gasteiger partial charge in [-0.15, -0.1) is 0 Å². The zero-order chi connectivity index (χ0) is 11.4. The summed E-state index contributed by atoms with van der Waals surface area (Å²) in [6.07, 6.45) is 2.43. The molecule has 0 aromatic heterocycles. The van der Waals surface area contributed by atoms with E-state index in [1.807, 2.05) is 6.92 Å². The van der Waals surface area contributed by atoms with Crippen molar-refractivity contribution in [2.75, 3.05) is 0 Å². The number of carboxylic acid groups (broad SMARTS) is 2. The van der Waals surface area contributed by atoms with Gasteiger partial charge in [-0.3, -0.25) is 9.59 Å². The summed E-state index contributed by atoms with van der Waals surface area (Å²) < 4.78 is 0. The van der Waals surface area contributed by atoms with Crippen LogP contribution < -0.4 is 0 Å². The minimum absolute atomic E-state index is 0. The molecule has 0 radical (unpaired) electrons. The molecule has 0 aromatic rings. The summed E-state index contributed by atoms with van der Waals surface area (Å²) >= 11 is 0. The van der Waals surface area contributed by atoms with Crippen LogP contribution in [0.4, 0.5) is 0 Å². The first kappa shape index (κ1) is 17.9. The molecule has 0 amide bonds. The Morgan fingerprint density at radius 2 is 1.73 bits per heavy atom. The molecule has 2 N–H and O–H groups in total. The SMILES string of the molecule is CCCCC(C)C(C)(C(=O)O)C(=O)O.[Ba+2].[H-].[H-]. The minimum atomic E-state index is -1.66. The number of rotatable bonds is 6. The second-order valence-corrected chi connectivity index (χ2v) is 3.86. The van der Waals surface area contributed by atoms with Crippen LogP contribution in [0.25, 0.3) is 0 Å². The van der Waals surface area contributed by atoms with Crippen LogP contribution in [-0.4, -0.2) is 71.0 Å². The van der Waals surface area contributed by atoms with Crippen LogP contribution in [0, 0.1) is 11.3 Å². The van der Waals surface area contributed by atoms with E-state index in [4.69, 9.17) is 10.2 Å². The van der Waals surface area contributed by atoms with E-state index in [2.05, 4.69) is 0 Å². The van der Waals surface area contributed by atoms with Gasteiger partial charge < -0.3 is 13.1 Å². The molecule has 1 atom stereocenters. The Labute approximate surface area is 133 Å². The average Bonchev–Trinajstić information content (AvgIpc) is 2.11. The number of unbranched alkanes of at least 4 members (excludes halogenated alkanes) is 1. The van der Waals surface area contributed by atoms with E-state index in [9.17, 15) is 9.59 Å². The maximum atomic E-state index is 10.9. The average molecular weight is 342 g/mol. The van der Waals surface area contributed by atoms with Gasteiger partial charge in [-0.25, -0.2) is 0 Å². The fourth-order valence-corrected chi connectivity index (χ4v) is 1.31. The predicted octanol–water partition coefficient (Wildman–Crippen LogP) is 1.83. The van der Waals surface area contributed by atoms with E-state index >= 15 is 0 Å². The van der Waals surface area contributed by atoms with Crippen molar-refractivity contribution in [3.8, 4) is 0 Å². The van der Waals surface area contributed by atoms with Crippen molar-refractivity contribution in [2.45, 2.75) is 40.0 Å². The first-order valence-electron chi connectivity index (χ1n) is 4.84. The minimum Gasteiger partial charge on any atom is -1.00 e. The number of hydrogen-bond acceptors (Lipinski definition) is 2. The van der Waals surface area contributed by atoms with Gasteiger partial charge in [0.15, 0.2) is 5.41 Å². The van der Waals surface area contributed by atoms with Crippen LogP contribution in [0.5, 0.6) is 0 Å². The fraction of sp³-hybridized carbons (Fsp3) is 0.800. The quantitative estimate of drug-likeness (QED) is 0.571. The molecule has 15 heavy (non-hydrogen) atoms. The Hall–Kier alpha value is 0.511. The third-order valence-electron chi connectivity index (χ3n) is 2.86. The van der Waals surface area contributed by atoms with E-state index in [-0.39, 0.29) is 57.7 Å². The third kappa shape index (κ3) is 4.48. The number of carboxylic acids is 2. The largest absolute Gasteiger partial charge is 2.00 e. The zero-order valence-corrected chi connectivity index (χ0v) is 14.1. The van der Waals surface area contributed by atoms with Crippen molar-refractivity contribution in [1.29, 1.82) is 0 Å². The Bertz CT molecular complexity index is 222. The van der Waals surface area contributed by atoms with Crippen LogP contribution in [0.3, 0.4) is 0 Å². The van der Waals surface area contributed by atoms with Crippen molar-refractivity contribution < 1.29 is 22.7 Å². The maximum absolute atomic E-state index is 10.9. The second kappa shape index (κ2) is 7.73. The van der Waals surface area contributed by atoms with Crippen molar-refractivity contribution in [1.82, 2.24) is 0 Å². The molecule has 0 aliphatic heterocycles. The first-order chi connectivity index (χ1) is 6.37. The Balaban J connectivity index is -0.000000282. The third-order valence-corrected chi connectivity index (χ3v) is 2.86. The number of hydrogen-bond donors (Lipinski definition) is 2. The summed E-state index contributed by atoms with van der Waals surface area (Å²) in [5, 5.41) is 17.8. The van der Waals surface area contributed by atoms with E-state index in [1.54, 1.807) is 6.92 Å². The van der Waals surface area contributed by atoms with Gasteiger partial charge in [0.2, 0.25) is 0 Å². The Morgan fingerprint density at radius 1 is 1.33 bits per heavy atom. The van der Waals surface area contributed by atoms with Gasteiger partial charge in [0.05, 0.1) is 0 Å². The van der Waals surface area contributed by atoms with Crippen molar-refractivity contribution in [3.05, 3.63) is 0 Å². The van der Waals surface area contributed by atoms with Crippen LogP contribution in [0.1, 0.15) is 42.9 Å². The molecule has 4 nitrogen and oxygen atoms in total. The van der Waals surface area contributed by atoms with Gasteiger partial charge in [-0.1, -0.05) is 26.7 Å². The van der Waals surface area contributed by atoms with E-state index < -0.39 is 17.4 Å². The van der Waals surface area contributed by atoms with E-state index in [0.29, 0.717) is 6.42 Å². The molecule has 86 valence electrons. The predicted molar refractivity (Wildman–Crippen MR) is 60.0 cm³/mol. The molecular weight excluding hydrogens is 321 g/mol. The molecule has 0 bridgehead atoms. The summed E-state index contributed by atoms with van der Waals surface area (Å²) in [7, 11) is 0.